The fraction of sp³-hybridized carbons (Fsp3) is 0.294. The number of amides is 3. The first kappa shape index (κ1) is 17.5. The lowest BCUT2D eigenvalue weighted by Gasteiger charge is -2.35. The number of carbonyl (C=O) groups excluding carboxylic acids is 2. The zero-order valence-electron chi connectivity index (χ0n) is 14.5. The average Bonchev–Trinajstić information content (AvgIpc) is 3.00. The Morgan fingerprint density at radius 1 is 1.38 bits per heavy atom. The number of benzene rings is 1. The van der Waals surface area contributed by atoms with Crippen molar-refractivity contribution in [2.45, 2.75) is 12.2 Å². The van der Waals surface area contributed by atoms with E-state index in [1.807, 2.05) is 24.3 Å². The van der Waals surface area contributed by atoms with Crippen LogP contribution in [0.15, 0.2) is 47.0 Å². The van der Waals surface area contributed by atoms with Crippen molar-refractivity contribution in [2.24, 2.45) is 10.1 Å². The number of hydrogen-bond acceptors (Lipinski definition) is 7. The zero-order chi connectivity index (χ0) is 18.7. The number of ether oxygens (including phenoxy) is 1. The number of hydrogen-bond donors (Lipinski definition) is 2. The van der Waals surface area contributed by atoms with Crippen LogP contribution in [0, 0.1) is 0 Å². The van der Waals surface area contributed by atoms with Crippen LogP contribution in [0.1, 0.15) is 5.56 Å². The molecule has 0 bridgehead atoms. The molecule has 0 aliphatic carbocycles. The molecule has 9 nitrogen and oxygen atoms in total. The van der Waals surface area contributed by atoms with Gasteiger partial charge in [-0.25, -0.2) is 15.2 Å². The van der Waals surface area contributed by atoms with Crippen molar-refractivity contribution in [3.63, 3.8) is 0 Å². The van der Waals surface area contributed by atoms with Crippen molar-refractivity contribution < 1.29 is 14.3 Å². The van der Waals surface area contributed by atoms with Crippen molar-refractivity contribution in [1.29, 1.82) is 0 Å². The summed E-state index contributed by atoms with van der Waals surface area (Å²) < 4.78 is 5.11. The SMILES string of the molecule is C=CCN1C(N/N=C\c2ccc(OC)cc2)=NC2C1C(=O)NC(=O)N2C. The van der Waals surface area contributed by atoms with Gasteiger partial charge < -0.3 is 14.5 Å². The molecule has 136 valence electrons. The molecular formula is C17H20N6O3. The predicted molar refractivity (Wildman–Crippen MR) is 96.9 cm³/mol. The predicted octanol–water partition coefficient (Wildman–Crippen LogP) is 0.353. The van der Waals surface area contributed by atoms with Crippen molar-refractivity contribution in [3.05, 3.63) is 42.5 Å². The molecule has 0 saturated carbocycles. The van der Waals surface area contributed by atoms with Crippen LogP contribution in [0.5, 0.6) is 5.75 Å². The second kappa shape index (κ2) is 7.26. The molecule has 1 aromatic rings. The summed E-state index contributed by atoms with van der Waals surface area (Å²) in [6, 6.07) is 6.30. The lowest BCUT2D eigenvalue weighted by Crippen LogP contribution is -2.64. The third kappa shape index (κ3) is 3.23. The van der Waals surface area contributed by atoms with Crippen LogP contribution in [0.3, 0.4) is 0 Å². The Hall–Kier alpha value is -3.36. The molecule has 2 aliphatic rings. The highest BCUT2D eigenvalue weighted by molar-refractivity contribution is 6.03. The summed E-state index contributed by atoms with van der Waals surface area (Å²) in [5, 5.41) is 6.50. The molecule has 2 unspecified atom stereocenters. The van der Waals surface area contributed by atoms with Gasteiger partial charge in [-0.05, 0) is 29.8 Å². The maximum absolute atomic E-state index is 12.2. The molecule has 2 heterocycles. The molecule has 2 atom stereocenters. The van der Waals surface area contributed by atoms with E-state index in [0.29, 0.717) is 12.5 Å². The number of nitrogens with one attached hydrogen (secondary N) is 2. The molecule has 0 aromatic heterocycles. The number of hydrazone groups is 1. The molecule has 0 spiro atoms. The normalized spacial score (nSPS) is 22.2. The van der Waals surface area contributed by atoms with Gasteiger partial charge in [-0.2, -0.15) is 5.10 Å². The Bertz CT molecular complexity index is 773. The summed E-state index contributed by atoms with van der Waals surface area (Å²) >= 11 is 0. The van der Waals surface area contributed by atoms with Crippen LogP contribution in [-0.4, -0.2) is 66.8 Å². The average molecular weight is 356 g/mol. The smallest absolute Gasteiger partial charge is 0.325 e. The number of fused-ring (bicyclic) bond motifs is 1. The minimum absolute atomic E-state index is 0.389. The zero-order valence-corrected chi connectivity index (χ0v) is 14.5. The van der Waals surface area contributed by atoms with Crippen LogP contribution >= 0.6 is 0 Å². The highest BCUT2D eigenvalue weighted by Crippen LogP contribution is 2.23. The van der Waals surface area contributed by atoms with E-state index >= 15 is 0 Å². The molecular weight excluding hydrogens is 336 g/mol. The van der Waals surface area contributed by atoms with Crippen molar-refractivity contribution in [2.75, 3.05) is 20.7 Å². The highest BCUT2D eigenvalue weighted by atomic mass is 16.5. The number of methoxy groups -OCH3 is 1. The Balaban J connectivity index is 1.76. The van der Waals surface area contributed by atoms with Crippen molar-refractivity contribution >= 4 is 24.1 Å². The van der Waals surface area contributed by atoms with Gasteiger partial charge in [0.05, 0.1) is 13.3 Å². The van der Waals surface area contributed by atoms with E-state index in [-0.39, 0.29) is 5.91 Å². The fourth-order valence-corrected chi connectivity index (χ4v) is 2.81. The third-order valence-corrected chi connectivity index (χ3v) is 4.18. The van der Waals surface area contributed by atoms with Crippen LogP contribution < -0.4 is 15.5 Å². The van der Waals surface area contributed by atoms with E-state index in [1.165, 1.54) is 4.90 Å². The molecule has 1 fully saturated rings. The van der Waals surface area contributed by atoms with Gasteiger partial charge in [0, 0.05) is 13.6 Å². The molecule has 9 heteroatoms. The molecule has 0 radical (unpaired) electrons. The Kier molecular flexibility index (Phi) is 4.87. The van der Waals surface area contributed by atoms with Crippen LogP contribution in [0.4, 0.5) is 4.79 Å². The van der Waals surface area contributed by atoms with E-state index in [9.17, 15) is 9.59 Å². The van der Waals surface area contributed by atoms with Crippen molar-refractivity contribution in [1.82, 2.24) is 20.5 Å². The number of likely N-dealkylation sites (N-methyl/N-ethyl adjacent to an activating group) is 1. The fourth-order valence-electron chi connectivity index (χ4n) is 2.81. The van der Waals surface area contributed by atoms with E-state index in [2.05, 4.69) is 27.4 Å². The second-order valence-corrected chi connectivity index (χ2v) is 5.80. The van der Waals surface area contributed by atoms with E-state index in [1.54, 1.807) is 31.3 Å². The standard InChI is InChI=1S/C17H20N6O3/c1-4-9-23-13-14(22(2)17(25)20-15(13)24)19-16(23)21-18-10-11-5-7-12(26-3)8-6-11/h4-8,10,13-14H,1,9H2,2-3H3,(H,19,21)(H,20,24,25)/b18-10-. The maximum atomic E-state index is 12.2. The van der Waals surface area contributed by atoms with Gasteiger partial charge in [-0.1, -0.05) is 6.08 Å². The van der Waals surface area contributed by atoms with E-state index < -0.39 is 18.2 Å². The van der Waals surface area contributed by atoms with Gasteiger partial charge >= 0.3 is 6.03 Å². The Morgan fingerprint density at radius 3 is 2.77 bits per heavy atom. The lowest BCUT2D eigenvalue weighted by atomic mass is 10.1. The van der Waals surface area contributed by atoms with Crippen LogP contribution in [0.25, 0.3) is 0 Å². The van der Waals surface area contributed by atoms with Gasteiger partial charge in [0.1, 0.15) is 5.75 Å². The van der Waals surface area contributed by atoms with Crippen LogP contribution in [-0.2, 0) is 4.79 Å². The Labute approximate surface area is 151 Å². The van der Waals surface area contributed by atoms with E-state index in [0.717, 1.165) is 11.3 Å². The van der Waals surface area contributed by atoms with Crippen LogP contribution in [0.2, 0.25) is 0 Å². The van der Waals surface area contributed by atoms with Crippen molar-refractivity contribution in [3.8, 4) is 5.75 Å². The monoisotopic (exact) mass is 356 g/mol. The first-order valence-electron chi connectivity index (χ1n) is 8.01. The number of rotatable bonds is 5. The molecule has 26 heavy (non-hydrogen) atoms. The number of urea groups is 1. The third-order valence-electron chi connectivity index (χ3n) is 4.18. The largest absolute Gasteiger partial charge is 0.497 e. The van der Waals surface area contributed by atoms with Gasteiger partial charge in [0.2, 0.25) is 5.96 Å². The van der Waals surface area contributed by atoms with Gasteiger partial charge in [-0.15, -0.1) is 6.58 Å². The molecule has 3 amide bonds. The van der Waals surface area contributed by atoms with Gasteiger partial charge in [0.15, 0.2) is 12.2 Å². The molecule has 2 N–H and O–H groups in total. The topological polar surface area (TPSA) is 98.6 Å². The highest BCUT2D eigenvalue weighted by Gasteiger charge is 2.48. The number of nitrogens with zero attached hydrogens (tertiary/aromatic N) is 4. The summed E-state index contributed by atoms with van der Waals surface area (Å²) in [4.78, 5) is 31.6. The summed E-state index contributed by atoms with van der Waals surface area (Å²) in [6.07, 6.45) is 2.69. The summed E-state index contributed by atoms with van der Waals surface area (Å²) in [5.74, 6) is 0.774. The first-order valence-corrected chi connectivity index (χ1v) is 8.01. The molecule has 1 saturated heterocycles. The molecule has 2 aliphatic heterocycles. The summed E-state index contributed by atoms with van der Waals surface area (Å²) in [6.45, 7) is 4.10. The van der Waals surface area contributed by atoms with Gasteiger partial charge in [-0.3, -0.25) is 10.1 Å². The lowest BCUT2D eigenvalue weighted by molar-refractivity contribution is -0.126. The molecule has 1 aromatic carbocycles. The summed E-state index contributed by atoms with van der Waals surface area (Å²) in [7, 11) is 3.20. The number of aliphatic imine (C=N–C) groups is 1. The molecule has 3 rings (SSSR count). The minimum Gasteiger partial charge on any atom is -0.497 e. The number of guanidine groups is 1. The second-order valence-electron chi connectivity index (χ2n) is 5.80. The first-order chi connectivity index (χ1) is 12.5. The number of imide groups is 1. The Morgan fingerprint density at radius 2 is 2.12 bits per heavy atom. The quantitative estimate of drug-likeness (QED) is 0.451. The van der Waals surface area contributed by atoms with E-state index in [4.69, 9.17) is 4.74 Å². The summed E-state index contributed by atoms with van der Waals surface area (Å²) in [5.41, 5.74) is 3.72. The number of carbonyl (C=O) groups is 2. The minimum atomic E-state index is -0.616. The van der Waals surface area contributed by atoms with Gasteiger partial charge in [0.25, 0.3) is 5.91 Å². The maximum Gasteiger partial charge on any atom is 0.325 e.